The van der Waals surface area contributed by atoms with Crippen molar-refractivity contribution in [2.75, 3.05) is 32.5 Å². The summed E-state index contributed by atoms with van der Waals surface area (Å²) in [6, 6.07) is 18.2. The minimum Gasteiger partial charge on any atom is -0.355 e. The second-order valence-corrected chi connectivity index (χ2v) is 7.78. The van der Waals surface area contributed by atoms with Crippen LogP contribution in [0.5, 0.6) is 0 Å². The largest absolute Gasteiger partial charge is 0.355 e. The van der Waals surface area contributed by atoms with Crippen LogP contribution in [0.2, 0.25) is 0 Å². The summed E-state index contributed by atoms with van der Waals surface area (Å²) in [6.07, 6.45) is 1.38. The summed E-state index contributed by atoms with van der Waals surface area (Å²) in [4.78, 5) is 31.6. The Morgan fingerprint density at radius 2 is 1.79 bits per heavy atom. The molecule has 0 atom stereocenters. The first-order chi connectivity index (χ1) is 14.0. The van der Waals surface area contributed by atoms with Gasteiger partial charge in [0.1, 0.15) is 0 Å². The maximum absolute atomic E-state index is 12.7. The van der Waals surface area contributed by atoms with E-state index < -0.39 is 0 Å². The number of carbonyl (C=O) groups is 2. The number of aromatic nitrogens is 1. The van der Waals surface area contributed by atoms with E-state index in [9.17, 15) is 9.59 Å². The highest BCUT2D eigenvalue weighted by molar-refractivity contribution is 5.94. The smallest absolute Gasteiger partial charge is 0.319 e. The van der Waals surface area contributed by atoms with Crippen LogP contribution in [0.25, 0.3) is 22.2 Å². The maximum atomic E-state index is 12.7. The van der Waals surface area contributed by atoms with E-state index in [0.717, 1.165) is 27.8 Å². The van der Waals surface area contributed by atoms with E-state index in [1.54, 1.807) is 23.9 Å². The molecule has 0 unspecified atom stereocenters. The quantitative estimate of drug-likeness (QED) is 0.705. The van der Waals surface area contributed by atoms with Gasteiger partial charge < -0.3 is 20.1 Å². The third-order valence-electron chi connectivity index (χ3n) is 5.49. The number of fused-ring (bicyclic) bond motifs is 1. The maximum Gasteiger partial charge on any atom is 0.319 e. The van der Waals surface area contributed by atoms with Crippen LogP contribution in [0.4, 0.5) is 10.5 Å². The van der Waals surface area contributed by atoms with E-state index in [-0.39, 0.29) is 17.9 Å². The lowest BCUT2D eigenvalue weighted by atomic mass is 9.96. The lowest BCUT2D eigenvalue weighted by Gasteiger charge is -2.33. The molecule has 0 bridgehead atoms. The Bertz CT molecular complexity index is 999. The zero-order chi connectivity index (χ0) is 20.4. The van der Waals surface area contributed by atoms with Crippen LogP contribution in [0.1, 0.15) is 12.8 Å². The van der Waals surface area contributed by atoms with Gasteiger partial charge in [-0.2, -0.15) is 0 Å². The van der Waals surface area contributed by atoms with Crippen molar-refractivity contribution in [1.29, 1.82) is 0 Å². The standard InChI is InChI=1S/C23H26N4O2/c1-26(2)23(29)27-12-10-16(11-13-27)22(28)24-19-8-5-7-17(14-19)21-15-18-6-3-4-9-20(18)25-21/h3-9,14-16,25H,10-13H2,1-2H3,(H,24,28). The van der Waals surface area contributed by atoms with Gasteiger partial charge in [0.15, 0.2) is 0 Å². The number of amides is 3. The number of carbonyl (C=O) groups excluding carboxylic acids is 2. The van der Waals surface area contributed by atoms with Crippen LogP contribution in [0.3, 0.4) is 0 Å². The molecule has 3 amide bonds. The summed E-state index contributed by atoms with van der Waals surface area (Å²) >= 11 is 0. The van der Waals surface area contributed by atoms with Crippen LogP contribution in [-0.4, -0.2) is 53.9 Å². The number of hydrogen-bond donors (Lipinski definition) is 2. The number of rotatable bonds is 3. The Balaban J connectivity index is 1.42. The summed E-state index contributed by atoms with van der Waals surface area (Å²) in [5.74, 6) is -0.0475. The van der Waals surface area contributed by atoms with E-state index in [2.05, 4.69) is 28.5 Å². The molecule has 0 radical (unpaired) electrons. The topological polar surface area (TPSA) is 68.4 Å². The Morgan fingerprint density at radius 1 is 1.03 bits per heavy atom. The minimum atomic E-state index is -0.0713. The zero-order valence-electron chi connectivity index (χ0n) is 16.8. The Hall–Kier alpha value is -3.28. The molecule has 1 aliphatic heterocycles. The number of urea groups is 1. The van der Waals surface area contributed by atoms with Gasteiger partial charge in [-0.25, -0.2) is 4.79 Å². The number of hydrogen-bond acceptors (Lipinski definition) is 2. The average molecular weight is 390 g/mol. The number of nitrogens with one attached hydrogen (secondary N) is 2. The number of benzene rings is 2. The molecule has 0 aliphatic carbocycles. The molecule has 6 nitrogen and oxygen atoms in total. The molecule has 2 heterocycles. The fourth-order valence-corrected chi connectivity index (χ4v) is 3.85. The van der Waals surface area contributed by atoms with Gasteiger partial charge in [-0.05, 0) is 37.1 Å². The van der Waals surface area contributed by atoms with E-state index in [4.69, 9.17) is 0 Å². The molecule has 29 heavy (non-hydrogen) atoms. The third-order valence-corrected chi connectivity index (χ3v) is 5.49. The van der Waals surface area contributed by atoms with Gasteiger partial charge in [0, 0.05) is 61.0 Å². The molecular weight excluding hydrogens is 364 g/mol. The highest BCUT2D eigenvalue weighted by Crippen LogP contribution is 2.27. The van der Waals surface area contributed by atoms with E-state index >= 15 is 0 Å². The second kappa shape index (κ2) is 7.99. The highest BCUT2D eigenvalue weighted by atomic mass is 16.2. The number of H-pyrrole nitrogens is 1. The first kappa shape index (κ1) is 19.1. The molecule has 0 saturated carbocycles. The van der Waals surface area contributed by atoms with Crippen LogP contribution < -0.4 is 5.32 Å². The van der Waals surface area contributed by atoms with Gasteiger partial charge in [-0.3, -0.25) is 4.79 Å². The summed E-state index contributed by atoms with van der Waals surface area (Å²) in [7, 11) is 3.50. The summed E-state index contributed by atoms with van der Waals surface area (Å²) in [5, 5.41) is 4.22. The van der Waals surface area contributed by atoms with Gasteiger partial charge in [0.25, 0.3) is 0 Å². The molecule has 0 spiro atoms. The summed E-state index contributed by atoms with van der Waals surface area (Å²) < 4.78 is 0. The third kappa shape index (κ3) is 4.11. The monoisotopic (exact) mass is 390 g/mol. The second-order valence-electron chi connectivity index (χ2n) is 7.78. The number of likely N-dealkylation sites (tertiary alicyclic amines) is 1. The van der Waals surface area contributed by atoms with E-state index in [1.165, 1.54) is 0 Å². The summed E-state index contributed by atoms with van der Waals surface area (Å²) in [6.45, 7) is 1.23. The van der Waals surface area contributed by atoms with Crippen LogP contribution >= 0.6 is 0 Å². The lowest BCUT2D eigenvalue weighted by Crippen LogP contribution is -2.45. The molecule has 3 aromatic rings. The van der Waals surface area contributed by atoms with Gasteiger partial charge in [-0.1, -0.05) is 30.3 Å². The van der Waals surface area contributed by atoms with Crippen molar-refractivity contribution in [1.82, 2.24) is 14.8 Å². The number of para-hydroxylation sites is 1. The number of piperidine rings is 1. The molecule has 2 aromatic carbocycles. The predicted molar refractivity (Wildman–Crippen MR) is 116 cm³/mol. The van der Waals surface area contributed by atoms with Crippen molar-refractivity contribution >= 4 is 28.5 Å². The van der Waals surface area contributed by atoms with Crippen molar-refractivity contribution in [3.63, 3.8) is 0 Å². The molecule has 6 heteroatoms. The van der Waals surface area contributed by atoms with Crippen LogP contribution in [0, 0.1) is 5.92 Å². The average Bonchev–Trinajstić information content (AvgIpc) is 3.18. The Labute approximate surface area is 170 Å². The highest BCUT2D eigenvalue weighted by Gasteiger charge is 2.28. The molecular formula is C23H26N4O2. The van der Waals surface area contributed by atoms with Gasteiger partial charge in [0.05, 0.1) is 0 Å². The molecule has 4 rings (SSSR count). The van der Waals surface area contributed by atoms with E-state index in [0.29, 0.717) is 25.9 Å². The first-order valence-electron chi connectivity index (χ1n) is 9.96. The number of nitrogens with zero attached hydrogens (tertiary/aromatic N) is 2. The van der Waals surface area contributed by atoms with Crippen LogP contribution in [0.15, 0.2) is 54.6 Å². The van der Waals surface area contributed by atoms with Gasteiger partial charge >= 0.3 is 6.03 Å². The van der Waals surface area contributed by atoms with Crippen molar-refractivity contribution in [2.24, 2.45) is 5.92 Å². The molecule has 1 fully saturated rings. The molecule has 2 N–H and O–H groups in total. The van der Waals surface area contributed by atoms with Crippen molar-refractivity contribution in [2.45, 2.75) is 12.8 Å². The van der Waals surface area contributed by atoms with Crippen molar-refractivity contribution < 1.29 is 9.59 Å². The minimum absolute atomic E-state index is 0.00916. The first-order valence-corrected chi connectivity index (χ1v) is 9.96. The summed E-state index contributed by atoms with van der Waals surface area (Å²) in [5.41, 5.74) is 3.94. The van der Waals surface area contributed by atoms with Crippen molar-refractivity contribution in [3.8, 4) is 11.3 Å². The zero-order valence-corrected chi connectivity index (χ0v) is 16.8. The molecule has 1 aromatic heterocycles. The van der Waals surface area contributed by atoms with E-state index in [1.807, 2.05) is 36.4 Å². The van der Waals surface area contributed by atoms with Crippen molar-refractivity contribution in [3.05, 3.63) is 54.6 Å². The number of anilines is 1. The number of aromatic amines is 1. The normalized spacial score (nSPS) is 14.8. The molecule has 150 valence electrons. The molecule has 1 aliphatic rings. The Morgan fingerprint density at radius 3 is 2.52 bits per heavy atom. The predicted octanol–water partition coefficient (Wildman–Crippen LogP) is 4.17. The fourth-order valence-electron chi connectivity index (χ4n) is 3.85. The van der Waals surface area contributed by atoms with Gasteiger partial charge in [-0.15, -0.1) is 0 Å². The molecule has 1 saturated heterocycles. The SMILES string of the molecule is CN(C)C(=O)N1CCC(C(=O)Nc2cccc(-c3cc4ccccc4[nH]3)c2)CC1. The Kier molecular flexibility index (Phi) is 5.25. The lowest BCUT2D eigenvalue weighted by molar-refractivity contribution is -0.121. The fraction of sp³-hybridized carbons (Fsp3) is 0.304. The van der Waals surface area contributed by atoms with Crippen LogP contribution in [-0.2, 0) is 4.79 Å². The van der Waals surface area contributed by atoms with Gasteiger partial charge in [0.2, 0.25) is 5.91 Å².